The number of nitrogens with zero attached hydrogens (tertiary/aromatic N) is 3. The predicted octanol–water partition coefficient (Wildman–Crippen LogP) is 4.42. The first-order valence-corrected chi connectivity index (χ1v) is 11.6. The molecule has 0 bridgehead atoms. The number of anilines is 4. The summed E-state index contributed by atoms with van der Waals surface area (Å²) in [5.74, 6) is 1.55. The Labute approximate surface area is 207 Å². The maximum Gasteiger partial charge on any atom is 0.272 e. The zero-order valence-electron chi connectivity index (χ0n) is 20.2. The van der Waals surface area contributed by atoms with Crippen molar-refractivity contribution >= 4 is 34.0 Å². The van der Waals surface area contributed by atoms with Crippen LogP contribution in [0.3, 0.4) is 0 Å². The van der Waals surface area contributed by atoms with Gasteiger partial charge in [0.25, 0.3) is 5.56 Å². The van der Waals surface area contributed by atoms with Gasteiger partial charge >= 0.3 is 0 Å². The van der Waals surface area contributed by atoms with Crippen molar-refractivity contribution in [2.75, 3.05) is 31.8 Å². The molecule has 2 aromatic heterocycles. The van der Waals surface area contributed by atoms with Gasteiger partial charge in [0, 0.05) is 29.4 Å². The van der Waals surface area contributed by atoms with Crippen molar-refractivity contribution in [2.24, 2.45) is 0 Å². The number of aromatic nitrogens is 3. The Morgan fingerprint density at radius 1 is 1.08 bits per heavy atom. The number of fused-ring (bicyclic) bond motifs is 1. The van der Waals surface area contributed by atoms with Crippen LogP contribution < -0.4 is 25.7 Å². The summed E-state index contributed by atoms with van der Waals surface area (Å²) in [6.45, 7) is 0. The Balaban J connectivity index is 1.30. The molecule has 0 spiro atoms. The Kier molecular flexibility index (Phi) is 6.43. The second-order valence-electron chi connectivity index (χ2n) is 8.92. The highest BCUT2D eigenvalue weighted by atomic mass is 19.1. The Hall–Kier alpha value is -4.18. The number of hydrogen-bond acceptors (Lipinski definition) is 8. The maximum absolute atomic E-state index is 14.2. The van der Waals surface area contributed by atoms with E-state index in [1.54, 1.807) is 31.5 Å². The lowest BCUT2D eigenvalue weighted by Crippen LogP contribution is -2.46. The van der Waals surface area contributed by atoms with Gasteiger partial charge < -0.3 is 30.0 Å². The Bertz CT molecular complexity index is 1450. The summed E-state index contributed by atoms with van der Waals surface area (Å²) >= 11 is 0. The molecule has 0 aliphatic heterocycles. The van der Waals surface area contributed by atoms with Gasteiger partial charge in [0.2, 0.25) is 5.95 Å². The molecular formula is C26H27FN6O3. The van der Waals surface area contributed by atoms with Crippen molar-refractivity contribution in [1.29, 1.82) is 0 Å². The van der Waals surface area contributed by atoms with E-state index in [2.05, 4.69) is 44.6 Å². The number of nitrogens with one attached hydrogen (secondary N) is 3. The standard InChI is InChI=1S/C26H27FN6O3/c1-33(2)16-12-17(13-16)36-22-8-7-15(11-23(22)35-3)29-26-28-10-9-24(32-26)30-21-14-18-19(27)5-4-6-20(18)31-25(21)34/h4-11,14,16-17H,12-13H2,1-3H3,(H,31,34)(H2,28,29,30,32). The summed E-state index contributed by atoms with van der Waals surface area (Å²) in [7, 11) is 5.75. The van der Waals surface area contributed by atoms with Crippen LogP contribution in [0.5, 0.6) is 11.5 Å². The van der Waals surface area contributed by atoms with E-state index >= 15 is 0 Å². The Morgan fingerprint density at radius 2 is 1.92 bits per heavy atom. The third-order valence-electron chi connectivity index (χ3n) is 6.27. The third kappa shape index (κ3) is 4.94. The predicted molar refractivity (Wildman–Crippen MR) is 137 cm³/mol. The van der Waals surface area contributed by atoms with Gasteiger partial charge in [0.05, 0.1) is 12.6 Å². The van der Waals surface area contributed by atoms with Gasteiger partial charge in [-0.15, -0.1) is 0 Å². The van der Waals surface area contributed by atoms with Crippen molar-refractivity contribution in [3.05, 3.63) is 70.9 Å². The van der Waals surface area contributed by atoms with Crippen molar-refractivity contribution in [2.45, 2.75) is 25.0 Å². The van der Waals surface area contributed by atoms with Gasteiger partial charge in [-0.05, 0) is 63.3 Å². The van der Waals surface area contributed by atoms with E-state index in [-0.39, 0.29) is 17.4 Å². The third-order valence-corrected chi connectivity index (χ3v) is 6.27. The van der Waals surface area contributed by atoms with Gasteiger partial charge in [-0.1, -0.05) is 6.07 Å². The highest BCUT2D eigenvalue weighted by Crippen LogP contribution is 2.36. The summed E-state index contributed by atoms with van der Waals surface area (Å²) in [6, 6.07) is 13.7. The quantitative estimate of drug-likeness (QED) is 0.333. The fourth-order valence-electron chi connectivity index (χ4n) is 4.12. The number of methoxy groups -OCH3 is 1. The average molecular weight is 491 g/mol. The molecule has 0 saturated heterocycles. The molecular weight excluding hydrogens is 463 g/mol. The molecule has 0 radical (unpaired) electrons. The van der Waals surface area contributed by atoms with Crippen molar-refractivity contribution < 1.29 is 13.9 Å². The number of aromatic amines is 1. The normalized spacial score (nSPS) is 17.0. The molecule has 5 rings (SSSR count). The summed E-state index contributed by atoms with van der Waals surface area (Å²) in [5, 5.41) is 6.39. The van der Waals surface area contributed by atoms with E-state index in [1.807, 2.05) is 18.2 Å². The van der Waals surface area contributed by atoms with Crippen LogP contribution >= 0.6 is 0 Å². The van der Waals surface area contributed by atoms with Crippen molar-refractivity contribution in [3.63, 3.8) is 0 Å². The molecule has 3 N–H and O–H groups in total. The largest absolute Gasteiger partial charge is 0.493 e. The summed E-state index contributed by atoms with van der Waals surface area (Å²) in [4.78, 5) is 26.0. The molecule has 4 aromatic rings. The lowest BCUT2D eigenvalue weighted by Gasteiger charge is -2.39. The molecule has 1 aliphatic carbocycles. The van der Waals surface area contributed by atoms with Crippen LogP contribution in [0.4, 0.5) is 27.5 Å². The van der Waals surface area contributed by atoms with Crippen LogP contribution in [0, 0.1) is 5.82 Å². The second kappa shape index (κ2) is 9.82. The SMILES string of the molecule is COc1cc(Nc2nccc(Nc3cc4c(F)cccc4[nH]c3=O)n2)ccc1OC1CC(N(C)C)C1. The fourth-order valence-corrected chi connectivity index (χ4v) is 4.12. The van der Waals surface area contributed by atoms with Crippen LogP contribution in [-0.2, 0) is 0 Å². The monoisotopic (exact) mass is 490 g/mol. The molecule has 2 aromatic carbocycles. The first-order valence-electron chi connectivity index (χ1n) is 11.6. The summed E-state index contributed by atoms with van der Waals surface area (Å²) < 4.78 is 25.8. The smallest absolute Gasteiger partial charge is 0.272 e. The minimum atomic E-state index is -0.423. The molecule has 186 valence electrons. The van der Waals surface area contributed by atoms with Gasteiger partial charge in [-0.25, -0.2) is 9.37 Å². The Morgan fingerprint density at radius 3 is 2.69 bits per heavy atom. The molecule has 36 heavy (non-hydrogen) atoms. The highest BCUT2D eigenvalue weighted by Gasteiger charge is 2.32. The lowest BCUT2D eigenvalue weighted by atomic mass is 9.88. The van der Waals surface area contributed by atoms with Crippen LogP contribution in [0.1, 0.15) is 12.8 Å². The number of benzene rings is 2. The number of ether oxygens (including phenoxy) is 2. The van der Waals surface area contributed by atoms with Gasteiger partial charge in [0.1, 0.15) is 23.4 Å². The number of halogens is 1. The maximum atomic E-state index is 14.2. The summed E-state index contributed by atoms with van der Waals surface area (Å²) in [6.07, 6.45) is 3.69. The van der Waals surface area contributed by atoms with E-state index < -0.39 is 5.82 Å². The first kappa shape index (κ1) is 23.6. The first-order chi connectivity index (χ1) is 17.4. The second-order valence-corrected chi connectivity index (χ2v) is 8.92. The minimum Gasteiger partial charge on any atom is -0.493 e. The van der Waals surface area contributed by atoms with Crippen LogP contribution in [0.2, 0.25) is 0 Å². The zero-order valence-corrected chi connectivity index (χ0v) is 20.2. The molecule has 0 unspecified atom stereocenters. The van der Waals surface area contributed by atoms with Crippen LogP contribution in [0.25, 0.3) is 10.9 Å². The minimum absolute atomic E-state index is 0.169. The van der Waals surface area contributed by atoms with Crippen LogP contribution in [0.15, 0.2) is 59.5 Å². The topological polar surface area (TPSA) is 104 Å². The molecule has 0 atom stereocenters. The van der Waals surface area contributed by atoms with Gasteiger partial charge in [0.15, 0.2) is 11.5 Å². The fraction of sp³-hybridized carbons (Fsp3) is 0.269. The number of pyridine rings is 1. The molecule has 10 heteroatoms. The molecule has 2 heterocycles. The highest BCUT2D eigenvalue weighted by molar-refractivity contribution is 5.82. The number of hydrogen-bond donors (Lipinski definition) is 3. The molecule has 9 nitrogen and oxygen atoms in total. The van der Waals surface area contributed by atoms with E-state index in [4.69, 9.17) is 9.47 Å². The molecule has 1 fully saturated rings. The summed E-state index contributed by atoms with van der Waals surface area (Å²) in [5.41, 5.74) is 0.923. The molecule has 1 saturated carbocycles. The van der Waals surface area contributed by atoms with Crippen LogP contribution in [-0.4, -0.2) is 53.2 Å². The average Bonchev–Trinajstić information content (AvgIpc) is 2.82. The van der Waals surface area contributed by atoms with Crippen molar-refractivity contribution in [1.82, 2.24) is 19.9 Å². The molecule has 1 aliphatic rings. The number of rotatable bonds is 8. The van der Waals surface area contributed by atoms with E-state index in [0.717, 1.165) is 12.8 Å². The van der Waals surface area contributed by atoms with E-state index in [1.165, 1.54) is 12.1 Å². The number of H-pyrrole nitrogens is 1. The van der Waals surface area contributed by atoms with E-state index in [0.29, 0.717) is 45.9 Å². The zero-order chi connectivity index (χ0) is 25.2. The van der Waals surface area contributed by atoms with Crippen molar-refractivity contribution in [3.8, 4) is 11.5 Å². The van der Waals surface area contributed by atoms with Gasteiger partial charge in [-0.2, -0.15) is 4.98 Å². The van der Waals surface area contributed by atoms with E-state index in [9.17, 15) is 9.18 Å². The van der Waals surface area contributed by atoms with Gasteiger partial charge in [-0.3, -0.25) is 4.79 Å². The molecule has 0 amide bonds. The lowest BCUT2D eigenvalue weighted by molar-refractivity contribution is 0.0383.